The molecule has 0 spiro atoms. The quantitative estimate of drug-likeness (QED) is 0.711. The van der Waals surface area contributed by atoms with Crippen LogP contribution in [0.15, 0.2) is 30.3 Å². The summed E-state index contributed by atoms with van der Waals surface area (Å²) in [7, 11) is 0. The highest BCUT2D eigenvalue weighted by Crippen LogP contribution is 2.31. The largest absolute Gasteiger partial charge is 0.389 e. The molecule has 136 valence electrons. The van der Waals surface area contributed by atoms with Crippen molar-refractivity contribution in [2.75, 3.05) is 38.2 Å². The molecule has 3 fully saturated rings. The summed E-state index contributed by atoms with van der Waals surface area (Å²) in [5, 5.41) is 16.5. The third-order valence-corrected chi connectivity index (χ3v) is 4.93. The highest BCUT2D eigenvalue weighted by atomic mass is 16.7. The predicted molar refractivity (Wildman–Crippen MR) is 89.2 cm³/mol. The molecule has 2 amide bonds. The molecule has 0 aliphatic carbocycles. The van der Waals surface area contributed by atoms with E-state index in [9.17, 15) is 9.90 Å². The van der Waals surface area contributed by atoms with Gasteiger partial charge in [-0.3, -0.25) is 4.90 Å². The van der Waals surface area contributed by atoms with E-state index >= 15 is 0 Å². The Morgan fingerprint density at radius 3 is 2.72 bits per heavy atom. The SMILES string of the molecule is O=C(Nc1ccccc1)N[C@@H]1[C@H](O)[C@@H](N2CCOCC2)[C@@H]2OC[C@@H]1O2. The molecule has 25 heavy (non-hydrogen) atoms. The van der Waals surface area contributed by atoms with Gasteiger partial charge >= 0.3 is 6.03 Å². The van der Waals surface area contributed by atoms with Crippen LogP contribution in [0.3, 0.4) is 0 Å². The van der Waals surface area contributed by atoms with Gasteiger partial charge in [-0.05, 0) is 12.1 Å². The van der Waals surface area contributed by atoms with Crippen molar-refractivity contribution in [1.82, 2.24) is 10.2 Å². The Hall–Kier alpha value is -1.71. The van der Waals surface area contributed by atoms with E-state index in [1.54, 1.807) is 12.1 Å². The van der Waals surface area contributed by atoms with Gasteiger partial charge in [-0.15, -0.1) is 0 Å². The van der Waals surface area contributed by atoms with Crippen LogP contribution in [-0.2, 0) is 14.2 Å². The van der Waals surface area contributed by atoms with Crippen LogP contribution in [0.2, 0.25) is 0 Å². The molecule has 2 bridgehead atoms. The molecule has 8 heteroatoms. The molecule has 5 atom stereocenters. The zero-order valence-electron chi connectivity index (χ0n) is 13.8. The number of morpholine rings is 1. The van der Waals surface area contributed by atoms with Crippen molar-refractivity contribution in [1.29, 1.82) is 0 Å². The molecule has 0 unspecified atom stereocenters. The summed E-state index contributed by atoms with van der Waals surface area (Å²) < 4.78 is 17.0. The minimum absolute atomic E-state index is 0.315. The van der Waals surface area contributed by atoms with Crippen molar-refractivity contribution < 1.29 is 24.1 Å². The molecular weight excluding hydrogens is 326 g/mol. The van der Waals surface area contributed by atoms with Crippen LogP contribution in [0, 0.1) is 0 Å². The number of fused-ring (bicyclic) bond motifs is 2. The molecule has 3 aliphatic rings. The first kappa shape index (κ1) is 16.7. The van der Waals surface area contributed by atoms with Crippen LogP contribution in [0.25, 0.3) is 0 Å². The summed E-state index contributed by atoms with van der Waals surface area (Å²) in [6.45, 7) is 3.01. The highest BCUT2D eigenvalue weighted by molar-refractivity contribution is 5.89. The number of carbonyl (C=O) groups is 1. The molecule has 0 radical (unpaired) electrons. The van der Waals surface area contributed by atoms with Gasteiger partial charge in [0.25, 0.3) is 0 Å². The second kappa shape index (κ2) is 7.27. The van der Waals surface area contributed by atoms with Crippen molar-refractivity contribution in [3.05, 3.63) is 30.3 Å². The number of benzene rings is 1. The number of nitrogens with one attached hydrogen (secondary N) is 2. The number of amides is 2. The van der Waals surface area contributed by atoms with Gasteiger partial charge in [-0.2, -0.15) is 0 Å². The fraction of sp³-hybridized carbons (Fsp3) is 0.588. The highest BCUT2D eigenvalue weighted by Gasteiger charge is 2.52. The topological polar surface area (TPSA) is 92.3 Å². The fourth-order valence-electron chi connectivity index (χ4n) is 3.68. The third-order valence-electron chi connectivity index (χ3n) is 4.93. The molecule has 3 heterocycles. The summed E-state index contributed by atoms with van der Waals surface area (Å²) >= 11 is 0. The summed E-state index contributed by atoms with van der Waals surface area (Å²) in [4.78, 5) is 14.4. The number of aliphatic hydroxyl groups is 1. The number of carbonyl (C=O) groups excluding carboxylic acids is 1. The molecular formula is C17H23N3O5. The van der Waals surface area contributed by atoms with Crippen LogP contribution in [0.1, 0.15) is 0 Å². The maximum Gasteiger partial charge on any atom is 0.319 e. The van der Waals surface area contributed by atoms with Gasteiger partial charge in [0.2, 0.25) is 0 Å². The Morgan fingerprint density at radius 1 is 1.20 bits per heavy atom. The fourth-order valence-corrected chi connectivity index (χ4v) is 3.68. The average molecular weight is 349 g/mol. The average Bonchev–Trinajstić information content (AvgIpc) is 3.06. The minimum atomic E-state index is -0.772. The second-order valence-corrected chi connectivity index (χ2v) is 6.50. The maximum absolute atomic E-state index is 12.3. The van der Waals surface area contributed by atoms with Crippen LogP contribution >= 0.6 is 0 Å². The van der Waals surface area contributed by atoms with E-state index < -0.39 is 18.4 Å². The summed E-state index contributed by atoms with van der Waals surface area (Å²) in [5.74, 6) is 0. The molecule has 0 aromatic heterocycles. The molecule has 1 aromatic rings. The van der Waals surface area contributed by atoms with E-state index in [0.29, 0.717) is 38.6 Å². The number of hydrogen-bond donors (Lipinski definition) is 3. The lowest BCUT2D eigenvalue weighted by molar-refractivity contribution is -0.189. The molecule has 3 aliphatic heterocycles. The van der Waals surface area contributed by atoms with Crippen molar-refractivity contribution in [2.24, 2.45) is 0 Å². The van der Waals surface area contributed by atoms with E-state index in [-0.39, 0.29) is 18.2 Å². The van der Waals surface area contributed by atoms with Gasteiger partial charge in [-0.25, -0.2) is 4.79 Å². The first-order valence-corrected chi connectivity index (χ1v) is 8.62. The predicted octanol–water partition coefficient (Wildman–Crippen LogP) is -0.00650. The number of urea groups is 1. The second-order valence-electron chi connectivity index (χ2n) is 6.50. The zero-order chi connectivity index (χ0) is 17.2. The Morgan fingerprint density at radius 2 is 1.96 bits per heavy atom. The van der Waals surface area contributed by atoms with Crippen LogP contribution < -0.4 is 10.6 Å². The van der Waals surface area contributed by atoms with Crippen LogP contribution in [0.5, 0.6) is 0 Å². The molecule has 3 saturated heterocycles. The monoisotopic (exact) mass is 349 g/mol. The Kier molecular flexibility index (Phi) is 4.87. The smallest absolute Gasteiger partial charge is 0.319 e. The van der Waals surface area contributed by atoms with Gasteiger partial charge in [0.1, 0.15) is 6.10 Å². The lowest BCUT2D eigenvalue weighted by Crippen LogP contribution is -2.66. The molecule has 4 rings (SSSR count). The van der Waals surface area contributed by atoms with Crippen LogP contribution in [0.4, 0.5) is 10.5 Å². The Balaban J connectivity index is 1.44. The Bertz CT molecular complexity index is 595. The number of para-hydroxylation sites is 1. The van der Waals surface area contributed by atoms with E-state index in [4.69, 9.17) is 14.2 Å². The number of nitrogens with zero attached hydrogens (tertiary/aromatic N) is 1. The van der Waals surface area contributed by atoms with Crippen molar-refractivity contribution >= 4 is 11.7 Å². The lowest BCUT2D eigenvalue weighted by atomic mass is 9.94. The molecule has 3 N–H and O–H groups in total. The summed E-state index contributed by atoms with van der Waals surface area (Å²) in [6, 6.07) is 7.96. The molecule has 0 saturated carbocycles. The van der Waals surface area contributed by atoms with E-state index in [1.807, 2.05) is 18.2 Å². The molecule has 1 aromatic carbocycles. The van der Waals surface area contributed by atoms with Crippen molar-refractivity contribution in [3.63, 3.8) is 0 Å². The summed E-state index contributed by atoms with van der Waals surface area (Å²) in [5.41, 5.74) is 0.691. The zero-order valence-corrected chi connectivity index (χ0v) is 13.8. The number of hydrogen-bond acceptors (Lipinski definition) is 6. The van der Waals surface area contributed by atoms with Crippen molar-refractivity contribution in [2.45, 2.75) is 30.6 Å². The number of ether oxygens (including phenoxy) is 3. The summed E-state index contributed by atoms with van der Waals surface area (Å²) in [6.07, 6.45) is -1.59. The number of anilines is 1. The third kappa shape index (κ3) is 3.49. The standard InChI is InChI=1S/C17H23N3O5/c21-15-13(19-17(22)18-11-4-2-1-3-5-11)12-10-24-16(25-12)14(15)20-6-8-23-9-7-20/h1-5,12-16,21H,6-10H2,(H2,18,19,22)/t12-,13-,14+,15-,16+/m0/s1. The minimum Gasteiger partial charge on any atom is -0.389 e. The van der Waals surface area contributed by atoms with Gasteiger partial charge in [0, 0.05) is 18.8 Å². The molecule has 8 nitrogen and oxygen atoms in total. The van der Waals surface area contributed by atoms with Crippen molar-refractivity contribution in [3.8, 4) is 0 Å². The van der Waals surface area contributed by atoms with E-state index in [0.717, 1.165) is 0 Å². The Labute approximate surface area is 146 Å². The van der Waals surface area contributed by atoms with E-state index in [1.165, 1.54) is 0 Å². The lowest BCUT2D eigenvalue weighted by Gasteiger charge is -2.44. The normalized spacial score (nSPS) is 35.3. The van der Waals surface area contributed by atoms with Gasteiger partial charge in [0.15, 0.2) is 6.29 Å². The van der Waals surface area contributed by atoms with Gasteiger partial charge < -0.3 is 30.0 Å². The van der Waals surface area contributed by atoms with E-state index in [2.05, 4.69) is 15.5 Å². The number of aliphatic hydroxyl groups excluding tert-OH is 1. The maximum atomic E-state index is 12.3. The van der Waals surface area contributed by atoms with Gasteiger partial charge in [0.05, 0.1) is 38.0 Å². The first-order chi connectivity index (χ1) is 12.2. The number of rotatable bonds is 3. The first-order valence-electron chi connectivity index (χ1n) is 8.62. The van der Waals surface area contributed by atoms with Gasteiger partial charge in [-0.1, -0.05) is 18.2 Å². The van der Waals surface area contributed by atoms with Crippen LogP contribution in [-0.4, -0.2) is 79.5 Å².